The number of alkyl halides is 4. The van der Waals surface area contributed by atoms with Crippen LogP contribution in [0.2, 0.25) is 5.02 Å². The van der Waals surface area contributed by atoms with E-state index in [4.69, 9.17) is 22.1 Å². The standard InChI is InChI=1S/C27H25ClF5N9O/c28-16-8-17(34)37-22(19(16)27(31,32)33)23-20(30)21-15(10-36-23)24(41-7-6-40-5-3-35-18(40)12-41)39-25(38-21)43-13-26-2-1-4-42(26)11-14(29)9-26/h3,5,8,10,14H,1-2,4,6-7,9,11-13H2,(H2,34,37)/t14-,26+/m1/s1. The van der Waals surface area contributed by atoms with Gasteiger partial charge in [-0.3, -0.25) is 9.88 Å². The highest BCUT2D eigenvalue weighted by atomic mass is 35.5. The van der Waals surface area contributed by atoms with Crippen LogP contribution in [0.4, 0.5) is 33.6 Å². The topological polar surface area (TPSA) is 111 Å². The quantitative estimate of drug-likeness (QED) is 0.318. The molecule has 2 atom stereocenters. The van der Waals surface area contributed by atoms with Gasteiger partial charge in [-0.2, -0.15) is 23.1 Å². The van der Waals surface area contributed by atoms with E-state index in [1.165, 1.54) is 6.20 Å². The van der Waals surface area contributed by atoms with Crippen molar-refractivity contribution in [2.24, 2.45) is 0 Å². The van der Waals surface area contributed by atoms with E-state index in [0.29, 0.717) is 32.6 Å². The Labute approximate surface area is 246 Å². The molecular formula is C27H25ClF5N9O. The summed E-state index contributed by atoms with van der Waals surface area (Å²) in [5.74, 6) is -0.486. The number of anilines is 2. The summed E-state index contributed by atoms with van der Waals surface area (Å²) in [6, 6.07) is 0.654. The van der Waals surface area contributed by atoms with Crippen molar-refractivity contribution in [3.63, 3.8) is 0 Å². The van der Waals surface area contributed by atoms with Crippen LogP contribution in [0.15, 0.2) is 24.7 Å². The second-order valence-electron chi connectivity index (χ2n) is 11.1. The highest BCUT2D eigenvalue weighted by molar-refractivity contribution is 6.32. The molecule has 4 aromatic rings. The summed E-state index contributed by atoms with van der Waals surface area (Å²) < 4.78 is 80.7. The molecule has 0 aliphatic carbocycles. The largest absolute Gasteiger partial charge is 0.461 e. The first kappa shape index (κ1) is 28.0. The van der Waals surface area contributed by atoms with Gasteiger partial charge in [0.05, 0.1) is 22.5 Å². The SMILES string of the molecule is Nc1cc(Cl)c(C(F)(F)F)c(-c2ncc3c(N4CCn5ccnc5C4)nc(OC[C@@]45CCCN4C[C@H](F)C5)nc3c2F)n1. The fourth-order valence-electron chi connectivity index (χ4n) is 6.47. The molecule has 0 spiro atoms. The first-order valence-electron chi connectivity index (χ1n) is 13.7. The van der Waals surface area contributed by atoms with E-state index < -0.39 is 45.7 Å². The van der Waals surface area contributed by atoms with Crippen molar-refractivity contribution >= 4 is 34.1 Å². The third-order valence-electron chi connectivity index (χ3n) is 8.42. The number of ether oxygens (including phenoxy) is 1. The molecule has 3 aliphatic rings. The second-order valence-corrected chi connectivity index (χ2v) is 11.5. The molecule has 43 heavy (non-hydrogen) atoms. The lowest BCUT2D eigenvalue weighted by Gasteiger charge is -2.31. The van der Waals surface area contributed by atoms with E-state index in [2.05, 4.69) is 29.8 Å². The molecule has 0 amide bonds. The maximum absolute atomic E-state index is 16.3. The number of hydrogen-bond donors (Lipinski definition) is 1. The summed E-state index contributed by atoms with van der Waals surface area (Å²) >= 11 is 5.90. The van der Waals surface area contributed by atoms with Gasteiger partial charge in [-0.25, -0.2) is 18.7 Å². The van der Waals surface area contributed by atoms with Crippen molar-refractivity contribution in [1.29, 1.82) is 0 Å². The van der Waals surface area contributed by atoms with Gasteiger partial charge in [0.25, 0.3) is 0 Å². The highest BCUT2D eigenvalue weighted by Crippen LogP contribution is 2.43. The molecule has 2 saturated heterocycles. The lowest BCUT2D eigenvalue weighted by atomic mass is 9.95. The first-order valence-corrected chi connectivity index (χ1v) is 14.1. The van der Waals surface area contributed by atoms with E-state index >= 15 is 4.39 Å². The first-order chi connectivity index (χ1) is 20.5. The molecule has 16 heteroatoms. The molecule has 226 valence electrons. The van der Waals surface area contributed by atoms with Crippen LogP contribution >= 0.6 is 11.6 Å². The summed E-state index contributed by atoms with van der Waals surface area (Å²) in [6.07, 6.45) is 0.685. The minimum atomic E-state index is -4.97. The Hall–Kier alpha value is -3.85. The average Bonchev–Trinajstić information content (AvgIpc) is 3.64. The number of halogens is 6. The van der Waals surface area contributed by atoms with Crippen LogP contribution < -0.4 is 15.4 Å². The van der Waals surface area contributed by atoms with Crippen LogP contribution in [0.25, 0.3) is 22.3 Å². The maximum Gasteiger partial charge on any atom is 0.420 e. The molecule has 0 radical (unpaired) electrons. The van der Waals surface area contributed by atoms with Crippen molar-refractivity contribution in [2.45, 2.75) is 50.2 Å². The molecule has 3 aliphatic heterocycles. The number of hydrogen-bond acceptors (Lipinski definition) is 9. The Kier molecular flexibility index (Phi) is 6.57. The fourth-order valence-corrected chi connectivity index (χ4v) is 6.78. The van der Waals surface area contributed by atoms with Crippen LogP contribution in [-0.2, 0) is 19.3 Å². The van der Waals surface area contributed by atoms with Crippen LogP contribution in [0.3, 0.4) is 0 Å². The summed E-state index contributed by atoms with van der Waals surface area (Å²) in [5.41, 5.74) is 1.89. The number of nitrogens with zero attached hydrogens (tertiary/aromatic N) is 8. The van der Waals surface area contributed by atoms with E-state index in [9.17, 15) is 17.6 Å². The van der Waals surface area contributed by atoms with Gasteiger partial charge in [0, 0.05) is 44.6 Å². The predicted octanol–water partition coefficient (Wildman–Crippen LogP) is 4.65. The second kappa shape index (κ2) is 10.1. The molecule has 10 nitrogen and oxygen atoms in total. The summed E-state index contributed by atoms with van der Waals surface area (Å²) in [4.78, 5) is 25.0. The van der Waals surface area contributed by atoms with Crippen molar-refractivity contribution in [3.8, 4) is 17.4 Å². The van der Waals surface area contributed by atoms with Crippen LogP contribution in [0, 0.1) is 5.82 Å². The van der Waals surface area contributed by atoms with Crippen molar-refractivity contribution in [2.75, 3.05) is 36.9 Å². The molecular weight excluding hydrogens is 597 g/mol. The summed E-state index contributed by atoms with van der Waals surface area (Å²) in [7, 11) is 0. The van der Waals surface area contributed by atoms with Gasteiger partial charge in [-0.15, -0.1) is 0 Å². The zero-order chi connectivity index (χ0) is 30.1. The third-order valence-corrected chi connectivity index (χ3v) is 8.72. The highest BCUT2D eigenvalue weighted by Gasteiger charge is 2.49. The van der Waals surface area contributed by atoms with Crippen molar-refractivity contribution < 1.29 is 26.7 Å². The number of fused-ring (bicyclic) bond motifs is 3. The number of rotatable bonds is 5. The van der Waals surface area contributed by atoms with Crippen LogP contribution in [-0.4, -0.2) is 72.3 Å². The monoisotopic (exact) mass is 621 g/mol. The van der Waals surface area contributed by atoms with E-state index in [-0.39, 0.29) is 35.2 Å². The Bertz CT molecular complexity index is 1730. The average molecular weight is 622 g/mol. The van der Waals surface area contributed by atoms with Gasteiger partial charge >= 0.3 is 12.2 Å². The molecule has 7 heterocycles. The van der Waals surface area contributed by atoms with Gasteiger partial charge < -0.3 is 19.9 Å². The van der Waals surface area contributed by atoms with Gasteiger partial charge in [-0.1, -0.05) is 11.6 Å². The molecule has 7 rings (SSSR count). The summed E-state index contributed by atoms with van der Waals surface area (Å²) in [6.45, 7) is 2.51. The van der Waals surface area contributed by atoms with Crippen LogP contribution in [0.5, 0.6) is 6.01 Å². The fraction of sp³-hybridized carbons (Fsp3) is 0.444. The zero-order valence-corrected chi connectivity index (χ0v) is 23.3. The third kappa shape index (κ3) is 4.78. The van der Waals surface area contributed by atoms with Gasteiger partial charge in [0.1, 0.15) is 52.7 Å². The van der Waals surface area contributed by atoms with E-state index in [0.717, 1.165) is 31.3 Å². The number of nitrogens with two attached hydrogens (primary N) is 1. The minimum absolute atomic E-state index is 0.0763. The molecule has 0 aromatic carbocycles. The smallest absolute Gasteiger partial charge is 0.420 e. The maximum atomic E-state index is 16.3. The van der Waals surface area contributed by atoms with E-state index in [1.54, 1.807) is 6.20 Å². The van der Waals surface area contributed by atoms with Gasteiger partial charge in [0.15, 0.2) is 5.82 Å². The molecule has 2 N–H and O–H groups in total. The number of nitrogen functional groups attached to an aromatic ring is 1. The Morgan fingerprint density at radius 1 is 1.12 bits per heavy atom. The molecule has 0 unspecified atom stereocenters. The number of imidazole rings is 1. The minimum Gasteiger partial charge on any atom is -0.461 e. The van der Waals surface area contributed by atoms with Gasteiger partial charge in [0.2, 0.25) is 0 Å². The molecule has 4 aromatic heterocycles. The molecule has 0 saturated carbocycles. The Morgan fingerprint density at radius 2 is 1.95 bits per heavy atom. The Morgan fingerprint density at radius 3 is 2.77 bits per heavy atom. The Balaban J connectivity index is 1.35. The number of pyridine rings is 2. The molecule has 2 fully saturated rings. The predicted molar refractivity (Wildman–Crippen MR) is 147 cm³/mol. The van der Waals surface area contributed by atoms with Crippen molar-refractivity contribution in [1.82, 2.24) is 34.4 Å². The van der Waals surface area contributed by atoms with Crippen molar-refractivity contribution in [3.05, 3.63) is 46.9 Å². The lowest BCUT2D eigenvalue weighted by molar-refractivity contribution is -0.137. The van der Waals surface area contributed by atoms with Gasteiger partial charge in [-0.05, 0) is 25.5 Å². The lowest BCUT2D eigenvalue weighted by Crippen LogP contribution is -2.43. The zero-order valence-electron chi connectivity index (χ0n) is 22.6. The van der Waals surface area contributed by atoms with Crippen LogP contribution in [0.1, 0.15) is 30.7 Å². The number of aromatic nitrogens is 6. The van der Waals surface area contributed by atoms with E-state index in [1.807, 2.05) is 15.7 Å². The summed E-state index contributed by atoms with van der Waals surface area (Å²) in [5, 5.41) is -0.585. The molecule has 0 bridgehead atoms. The normalized spacial score (nSPS) is 22.3.